The lowest BCUT2D eigenvalue weighted by atomic mass is 9.57. The number of nitrogens with zero attached hydrogens (tertiary/aromatic N) is 3. The Hall–Kier alpha value is -0.560. The second kappa shape index (κ2) is 6.98. The van der Waals surface area contributed by atoms with Gasteiger partial charge in [0, 0.05) is 57.3 Å². The molecule has 3 nitrogen and oxygen atoms in total. The number of hydrogen-bond donors (Lipinski definition) is 0. The van der Waals surface area contributed by atoms with Crippen LogP contribution in [0.1, 0.15) is 47.5 Å². The summed E-state index contributed by atoms with van der Waals surface area (Å²) in [5.74, 6) is 8.06. The fourth-order valence-corrected chi connectivity index (χ4v) is 4.65. The van der Waals surface area contributed by atoms with Crippen molar-refractivity contribution < 1.29 is 0 Å². The molecule has 2 aliphatic heterocycles. The zero-order valence-electron chi connectivity index (χ0n) is 16.6. The molecule has 2 heterocycles. The first-order valence-electron chi connectivity index (χ1n) is 9.94. The van der Waals surface area contributed by atoms with Crippen molar-refractivity contribution in [3.63, 3.8) is 0 Å². The minimum atomic E-state index is 0.366. The fourth-order valence-electron chi connectivity index (χ4n) is 4.65. The van der Waals surface area contributed by atoms with Gasteiger partial charge in [0.15, 0.2) is 0 Å². The van der Waals surface area contributed by atoms with Crippen molar-refractivity contribution in [1.82, 2.24) is 14.7 Å². The van der Waals surface area contributed by atoms with Crippen LogP contribution in [0.3, 0.4) is 0 Å². The van der Waals surface area contributed by atoms with Crippen molar-refractivity contribution in [3.8, 4) is 11.8 Å². The van der Waals surface area contributed by atoms with E-state index < -0.39 is 0 Å². The summed E-state index contributed by atoms with van der Waals surface area (Å²) >= 11 is 0. The molecule has 3 aliphatic rings. The molecule has 3 heteroatoms. The number of hydrogen-bond acceptors (Lipinski definition) is 3. The number of likely N-dealkylation sites (tertiary alicyclic amines) is 1. The van der Waals surface area contributed by atoms with Crippen molar-refractivity contribution in [3.05, 3.63) is 0 Å². The lowest BCUT2D eigenvalue weighted by Gasteiger charge is -2.63. The van der Waals surface area contributed by atoms with Gasteiger partial charge in [-0.15, -0.1) is 0 Å². The average molecular weight is 332 g/mol. The third kappa shape index (κ3) is 4.34. The molecule has 2 saturated heterocycles. The Morgan fingerprint density at radius 1 is 1.00 bits per heavy atom. The van der Waals surface area contributed by atoms with E-state index in [-0.39, 0.29) is 0 Å². The Bertz CT molecular complexity index is 471. The van der Waals surface area contributed by atoms with Crippen molar-refractivity contribution in [1.29, 1.82) is 0 Å². The molecule has 136 valence electrons. The Morgan fingerprint density at radius 2 is 1.58 bits per heavy atom. The monoisotopic (exact) mass is 331 g/mol. The van der Waals surface area contributed by atoms with Gasteiger partial charge in [-0.05, 0) is 44.9 Å². The Balaban J connectivity index is 1.31. The molecule has 0 unspecified atom stereocenters. The van der Waals surface area contributed by atoms with E-state index in [9.17, 15) is 0 Å². The molecule has 1 spiro atoms. The summed E-state index contributed by atoms with van der Waals surface area (Å²) in [6.45, 7) is 21.2. The maximum absolute atomic E-state index is 3.33. The van der Waals surface area contributed by atoms with Gasteiger partial charge in [0.1, 0.15) is 0 Å². The van der Waals surface area contributed by atoms with E-state index in [0.29, 0.717) is 16.9 Å². The Kier molecular flexibility index (Phi) is 5.30. The van der Waals surface area contributed by atoms with Gasteiger partial charge in [0.25, 0.3) is 0 Å². The van der Waals surface area contributed by atoms with Crippen LogP contribution in [-0.2, 0) is 0 Å². The average Bonchev–Trinajstić information content (AvgIpc) is 2.39. The lowest BCUT2D eigenvalue weighted by molar-refractivity contribution is -0.135. The molecule has 0 bridgehead atoms. The van der Waals surface area contributed by atoms with Crippen molar-refractivity contribution in [2.75, 3.05) is 52.4 Å². The number of rotatable bonds is 3. The molecule has 0 aromatic heterocycles. The molecular weight excluding hydrogens is 294 g/mol. The molecule has 0 N–H and O–H groups in total. The van der Waals surface area contributed by atoms with Crippen LogP contribution in [0.4, 0.5) is 0 Å². The topological polar surface area (TPSA) is 9.72 Å². The highest BCUT2D eigenvalue weighted by Gasteiger charge is 2.54. The summed E-state index contributed by atoms with van der Waals surface area (Å²) in [6, 6.07) is 0. The van der Waals surface area contributed by atoms with Crippen LogP contribution in [-0.4, -0.2) is 72.6 Å². The normalized spacial score (nSPS) is 26.1. The predicted molar refractivity (Wildman–Crippen MR) is 102 cm³/mol. The second-order valence-corrected chi connectivity index (χ2v) is 9.85. The van der Waals surface area contributed by atoms with Gasteiger partial charge in [-0.25, -0.2) is 0 Å². The largest absolute Gasteiger partial charge is 0.301 e. The summed E-state index contributed by atoms with van der Waals surface area (Å²) in [6.07, 6.45) is 2.94. The first-order chi connectivity index (χ1) is 11.3. The van der Waals surface area contributed by atoms with Crippen LogP contribution in [0.15, 0.2) is 0 Å². The van der Waals surface area contributed by atoms with E-state index in [1.54, 1.807) is 0 Å². The van der Waals surface area contributed by atoms with E-state index in [0.717, 1.165) is 12.5 Å². The highest BCUT2D eigenvalue weighted by molar-refractivity contribution is 5.07. The van der Waals surface area contributed by atoms with Crippen LogP contribution >= 0.6 is 0 Å². The van der Waals surface area contributed by atoms with Gasteiger partial charge in [-0.3, -0.25) is 9.80 Å². The van der Waals surface area contributed by atoms with Gasteiger partial charge >= 0.3 is 0 Å². The molecule has 3 fully saturated rings. The lowest BCUT2D eigenvalue weighted by Crippen LogP contribution is -2.67. The van der Waals surface area contributed by atoms with Gasteiger partial charge in [0.2, 0.25) is 0 Å². The molecule has 0 aromatic rings. The Morgan fingerprint density at radius 3 is 2.12 bits per heavy atom. The highest BCUT2D eigenvalue weighted by Crippen LogP contribution is 2.53. The molecule has 24 heavy (non-hydrogen) atoms. The molecule has 0 atom stereocenters. The summed E-state index contributed by atoms with van der Waals surface area (Å²) in [5.41, 5.74) is 1.07. The second-order valence-electron chi connectivity index (χ2n) is 9.85. The van der Waals surface area contributed by atoms with Gasteiger partial charge < -0.3 is 4.90 Å². The van der Waals surface area contributed by atoms with Crippen molar-refractivity contribution >= 4 is 0 Å². The third-order valence-electron chi connectivity index (χ3n) is 6.12. The summed E-state index contributed by atoms with van der Waals surface area (Å²) in [7, 11) is 0. The quantitative estimate of drug-likeness (QED) is 0.736. The predicted octanol–water partition coefficient (Wildman–Crippen LogP) is 2.77. The highest BCUT2D eigenvalue weighted by atomic mass is 15.3. The fraction of sp³-hybridized carbons (Fsp3) is 0.905. The van der Waals surface area contributed by atoms with E-state index in [1.807, 2.05) is 0 Å². The zero-order valence-corrected chi connectivity index (χ0v) is 16.6. The first kappa shape index (κ1) is 18.2. The van der Waals surface area contributed by atoms with E-state index >= 15 is 0 Å². The number of piperazine rings is 1. The summed E-state index contributed by atoms with van der Waals surface area (Å²) in [4.78, 5) is 7.87. The van der Waals surface area contributed by atoms with E-state index in [1.165, 1.54) is 58.7 Å². The summed E-state index contributed by atoms with van der Waals surface area (Å²) in [5, 5.41) is 0. The maximum Gasteiger partial charge on any atom is 0.0602 e. The molecule has 3 rings (SSSR count). The minimum Gasteiger partial charge on any atom is -0.301 e. The van der Waals surface area contributed by atoms with Crippen LogP contribution in [0.5, 0.6) is 0 Å². The van der Waals surface area contributed by atoms with Crippen LogP contribution < -0.4 is 0 Å². The maximum atomic E-state index is 3.33. The molecule has 0 radical (unpaired) electrons. The van der Waals surface area contributed by atoms with Gasteiger partial charge in [0.05, 0.1) is 6.54 Å². The van der Waals surface area contributed by atoms with Crippen LogP contribution in [0.2, 0.25) is 0 Å². The molecular formula is C21H37N3. The smallest absolute Gasteiger partial charge is 0.0602 e. The van der Waals surface area contributed by atoms with Crippen molar-refractivity contribution in [2.45, 2.75) is 53.0 Å². The zero-order chi connectivity index (χ0) is 17.4. The molecule has 1 aliphatic carbocycles. The van der Waals surface area contributed by atoms with E-state index in [4.69, 9.17) is 0 Å². The van der Waals surface area contributed by atoms with Gasteiger partial charge in [-0.2, -0.15) is 0 Å². The third-order valence-corrected chi connectivity index (χ3v) is 6.12. The first-order valence-corrected chi connectivity index (χ1v) is 9.94. The Labute approximate surface area is 149 Å². The van der Waals surface area contributed by atoms with E-state index in [2.05, 4.69) is 61.2 Å². The molecule has 0 amide bonds. The standard InChI is InChI=1S/C21H37N3/c1-18(2)7-6-8-22-9-11-23(12-10-22)15-19-13-21(14-19)16-24(17-21)20(3,4)5/h18-19H,8-17H2,1-5H3. The van der Waals surface area contributed by atoms with Gasteiger partial charge in [-0.1, -0.05) is 25.7 Å². The minimum absolute atomic E-state index is 0.366. The molecule has 0 aromatic carbocycles. The van der Waals surface area contributed by atoms with Crippen LogP contribution in [0.25, 0.3) is 0 Å². The molecule has 1 saturated carbocycles. The van der Waals surface area contributed by atoms with Crippen LogP contribution in [0, 0.1) is 29.1 Å². The SMILES string of the molecule is CC(C)C#CCN1CCN(CC2CC3(C2)CN(C(C)(C)C)C3)CC1. The summed E-state index contributed by atoms with van der Waals surface area (Å²) < 4.78 is 0. The van der Waals surface area contributed by atoms with Crippen molar-refractivity contribution in [2.24, 2.45) is 17.3 Å².